The number of nitrogens with zero attached hydrogens (tertiary/aromatic N) is 1. The maximum Gasteiger partial charge on any atom is 0.393 e. The highest BCUT2D eigenvalue weighted by Gasteiger charge is 2.49. The molecule has 0 aromatic heterocycles. The molecule has 0 radical (unpaired) electrons. The quantitative estimate of drug-likeness (QED) is 0.522. The van der Waals surface area contributed by atoms with Gasteiger partial charge in [-0.05, 0) is 50.0 Å². The van der Waals surface area contributed by atoms with E-state index >= 15 is 0 Å². The zero-order valence-electron chi connectivity index (χ0n) is 17.1. The van der Waals surface area contributed by atoms with E-state index in [2.05, 4.69) is 5.32 Å². The standard InChI is InChI=1S/C20H23ClF6N2O3/c1-11(19(22,23)24)17(29-8-6-13(7-9-29)20(25,26)27)18(32)28-15-10-12(2-4-14(15)21)3-5-16(30)31/h2,4,10-11,13,17H,3,5-9H2,1H3,(H,28,32)(H,30,31). The third-order valence-electron chi connectivity index (χ3n) is 5.56. The Bertz CT molecular complexity index is 823. The van der Waals surface area contributed by atoms with Crippen LogP contribution in [0.25, 0.3) is 0 Å². The summed E-state index contributed by atoms with van der Waals surface area (Å²) in [5, 5.41) is 11.2. The summed E-state index contributed by atoms with van der Waals surface area (Å²) >= 11 is 6.04. The summed E-state index contributed by atoms with van der Waals surface area (Å²) in [6.07, 6.45) is -10.1. The SMILES string of the molecule is CC(C(C(=O)Nc1cc(CCC(=O)O)ccc1Cl)N1CCC(C(F)(F)F)CC1)C(F)(F)F. The maximum absolute atomic E-state index is 13.5. The van der Waals surface area contributed by atoms with Crippen molar-refractivity contribution >= 4 is 29.2 Å². The fraction of sp³-hybridized carbons (Fsp3) is 0.600. The first kappa shape index (κ1) is 26.2. The number of piperidine rings is 1. The Balaban J connectivity index is 2.23. The molecule has 0 saturated carbocycles. The van der Waals surface area contributed by atoms with E-state index in [0.717, 1.165) is 11.8 Å². The third-order valence-corrected chi connectivity index (χ3v) is 5.89. The number of halogens is 7. The van der Waals surface area contributed by atoms with E-state index in [-0.39, 0.29) is 36.6 Å². The monoisotopic (exact) mass is 488 g/mol. The van der Waals surface area contributed by atoms with Crippen LogP contribution in [0.3, 0.4) is 0 Å². The average Bonchev–Trinajstić information content (AvgIpc) is 2.67. The summed E-state index contributed by atoms with van der Waals surface area (Å²) in [6, 6.07) is 2.53. The number of amides is 1. The van der Waals surface area contributed by atoms with Gasteiger partial charge < -0.3 is 10.4 Å². The Morgan fingerprint density at radius 1 is 1.19 bits per heavy atom. The van der Waals surface area contributed by atoms with Crippen molar-refractivity contribution in [3.05, 3.63) is 28.8 Å². The molecule has 1 aliphatic heterocycles. The Morgan fingerprint density at radius 3 is 2.28 bits per heavy atom. The lowest BCUT2D eigenvalue weighted by molar-refractivity contribution is -0.200. The lowest BCUT2D eigenvalue weighted by Gasteiger charge is -2.40. The fourth-order valence-electron chi connectivity index (χ4n) is 3.67. The molecule has 0 aliphatic carbocycles. The molecule has 2 rings (SSSR count). The molecule has 2 unspecified atom stereocenters. The van der Waals surface area contributed by atoms with Crippen molar-refractivity contribution in [2.75, 3.05) is 18.4 Å². The summed E-state index contributed by atoms with van der Waals surface area (Å²) in [5.41, 5.74) is 0.502. The predicted octanol–water partition coefficient (Wildman–Crippen LogP) is 5.14. The first-order valence-electron chi connectivity index (χ1n) is 9.88. The molecule has 0 bridgehead atoms. The highest BCUT2D eigenvalue weighted by molar-refractivity contribution is 6.33. The van der Waals surface area contributed by atoms with Gasteiger partial charge in [0.1, 0.15) is 6.04 Å². The summed E-state index contributed by atoms with van der Waals surface area (Å²) < 4.78 is 79.2. The van der Waals surface area contributed by atoms with E-state index in [1.807, 2.05) is 0 Å². The minimum Gasteiger partial charge on any atom is -0.481 e. The smallest absolute Gasteiger partial charge is 0.393 e. The highest BCUT2D eigenvalue weighted by atomic mass is 35.5. The average molecular weight is 489 g/mol. The molecule has 1 amide bonds. The first-order chi connectivity index (χ1) is 14.7. The lowest BCUT2D eigenvalue weighted by atomic mass is 9.91. The number of benzene rings is 1. The number of anilines is 1. The van der Waals surface area contributed by atoms with E-state index in [4.69, 9.17) is 16.7 Å². The molecule has 32 heavy (non-hydrogen) atoms. The second-order valence-corrected chi connectivity index (χ2v) is 8.23. The Hall–Kier alpha value is -2.01. The molecule has 1 fully saturated rings. The predicted molar refractivity (Wildman–Crippen MR) is 105 cm³/mol. The Morgan fingerprint density at radius 2 is 1.78 bits per heavy atom. The number of rotatable bonds is 7. The van der Waals surface area contributed by atoms with Gasteiger partial charge in [-0.3, -0.25) is 14.5 Å². The highest BCUT2D eigenvalue weighted by Crippen LogP contribution is 2.38. The van der Waals surface area contributed by atoms with Crippen molar-refractivity contribution < 1.29 is 41.0 Å². The number of alkyl halides is 6. The summed E-state index contributed by atoms with van der Waals surface area (Å²) in [4.78, 5) is 24.7. The molecule has 2 N–H and O–H groups in total. The second-order valence-electron chi connectivity index (χ2n) is 7.82. The summed E-state index contributed by atoms with van der Waals surface area (Å²) in [7, 11) is 0. The molecule has 5 nitrogen and oxygen atoms in total. The molecular formula is C20H23ClF6N2O3. The maximum atomic E-state index is 13.5. The van der Waals surface area contributed by atoms with Crippen LogP contribution in [-0.2, 0) is 16.0 Å². The second kappa shape index (κ2) is 10.3. The van der Waals surface area contributed by atoms with Gasteiger partial charge in [-0.2, -0.15) is 26.3 Å². The van der Waals surface area contributed by atoms with Gasteiger partial charge in [0.15, 0.2) is 0 Å². The molecule has 1 heterocycles. The minimum absolute atomic E-state index is 0.00380. The van der Waals surface area contributed by atoms with Crippen LogP contribution >= 0.6 is 11.6 Å². The van der Waals surface area contributed by atoms with Crippen LogP contribution in [-0.4, -0.2) is 53.4 Å². The third kappa shape index (κ3) is 6.99. The number of aliphatic carboxylic acids is 1. The van der Waals surface area contributed by atoms with Gasteiger partial charge in [0, 0.05) is 6.42 Å². The Labute approximate surface area is 185 Å². The van der Waals surface area contributed by atoms with E-state index in [9.17, 15) is 35.9 Å². The number of hydrogen-bond donors (Lipinski definition) is 2. The molecule has 0 spiro atoms. The van der Waals surface area contributed by atoms with Crippen molar-refractivity contribution in [3.8, 4) is 0 Å². The topological polar surface area (TPSA) is 69.6 Å². The van der Waals surface area contributed by atoms with Gasteiger partial charge >= 0.3 is 18.3 Å². The van der Waals surface area contributed by atoms with Crippen molar-refractivity contribution in [3.63, 3.8) is 0 Å². The van der Waals surface area contributed by atoms with Crippen LogP contribution in [0.15, 0.2) is 18.2 Å². The zero-order valence-corrected chi connectivity index (χ0v) is 17.8. The van der Waals surface area contributed by atoms with Crippen molar-refractivity contribution in [1.29, 1.82) is 0 Å². The number of likely N-dealkylation sites (tertiary alicyclic amines) is 1. The van der Waals surface area contributed by atoms with Gasteiger partial charge in [0.05, 0.1) is 22.5 Å². The molecule has 1 saturated heterocycles. The van der Waals surface area contributed by atoms with Crippen LogP contribution in [0, 0.1) is 11.8 Å². The molecule has 12 heteroatoms. The normalized spacial score (nSPS) is 18.2. The molecular weight excluding hydrogens is 466 g/mol. The zero-order chi connectivity index (χ0) is 24.3. The minimum atomic E-state index is -4.75. The van der Waals surface area contributed by atoms with Gasteiger partial charge in [-0.15, -0.1) is 0 Å². The number of carbonyl (C=O) groups excluding carboxylic acids is 1. The van der Waals surface area contributed by atoms with E-state index < -0.39 is 54.9 Å². The number of carbonyl (C=O) groups is 2. The number of carboxylic acid groups (broad SMARTS) is 1. The van der Waals surface area contributed by atoms with Crippen molar-refractivity contribution in [2.24, 2.45) is 11.8 Å². The van der Waals surface area contributed by atoms with E-state index in [1.165, 1.54) is 18.2 Å². The number of hydrogen-bond acceptors (Lipinski definition) is 3. The van der Waals surface area contributed by atoms with Gasteiger partial charge in [-0.25, -0.2) is 0 Å². The molecule has 1 aliphatic rings. The largest absolute Gasteiger partial charge is 0.481 e. The van der Waals surface area contributed by atoms with Crippen LogP contribution in [0.4, 0.5) is 32.0 Å². The van der Waals surface area contributed by atoms with Gasteiger partial charge in [0.25, 0.3) is 0 Å². The van der Waals surface area contributed by atoms with E-state index in [1.54, 1.807) is 0 Å². The van der Waals surface area contributed by atoms with E-state index in [0.29, 0.717) is 5.56 Å². The van der Waals surface area contributed by atoms with Gasteiger partial charge in [0.2, 0.25) is 5.91 Å². The van der Waals surface area contributed by atoms with Crippen molar-refractivity contribution in [1.82, 2.24) is 4.90 Å². The number of aryl methyl sites for hydroxylation is 1. The summed E-state index contributed by atoms with van der Waals surface area (Å²) in [6.45, 7) is 0.190. The molecule has 1 aromatic carbocycles. The Kier molecular flexibility index (Phi) is 8.44. The van der Waals surface area contributed by atoms with Crippen molar-refractivity contribution in [2.45, 2.75) is 51.0 Å². The van der Waals surface area contributed by atoms with Crippen LogP contribution in [0.1, 0.15) is 31.7 Å². The lowest BCUT2D eigenvalue weighted by Crippen LogP contribution is -2.55. The van der Waals surface area contributed by atoms with Crippen LogP contribution in [0.5, 0.6) is 0 Å². The number of carboxylic acids is 1. The number of nitrogens with one attached hydrogen (secondary N) is 1. The summed E-state index contributed by atoms with van der Waals surface area (Å²) in [5.74, 6) is -5.85. The molecule has 2 atom stereocenters. The molecule has 180 valence electrons. The van der Waals surface area contributed by atoms with Gasteiger partial charge in [-0.1, -0.05) is 24.6 Å². The van der Waals surface area contributed by atoms with Crippen LogP contribution in [0.2, 0.25) is 5.02 Å². The fourth-order valence-corrected chi connectivity index (χ4v) is 3.84. The molecule has 1 aromatic rings. The van der Waals surface area contributed by atoms with Crippen LogP contribution < -0.4 is 5.32 Å². The first-order valence-corrected chi connectivity index (χ1v) is 10.3.